The van der Waals surface area contributed by atoms with Gasteiger partial charge in [-0.05, 0) is 64.0 Å². The zero-order chi connectivity index (χ0) is 13.3. The van der Waals surface area contributed by atoms with Crippen LogP contribution >= 0.6 is 0 Å². The molecule has 0 aromatic rings. The number of hydrogen-bond acceptors (Lipinski definition) is 2. The van der Waals surface area contributed by atoms with Crippen molar-refractivity contribution in [3.8, 4) is 0 Å². The van der Waals surface area contributed by atoms with E-state index >= 15 is 0 Å². The predicted octanol–water partition coefficient (Wildman–Crippen LogP) is 3.00. The van der Waals surface area contributed by atoms with Crippen LogP contribution in [0.25, 0.3) is 0 Å². The minimum absolute atomic E-state index is 0.482. The van der Waals surface area contributed by atoms with E-state index in [0.717, 1.165) is 37.8 Å². The number of carboxylic acids is 1. The van der Waals surface area contributed by atoms with Crippen LogP contribution in [0.15, 0.2) is 0 Å². The number of rotatable bonds is 2. The highest BCUT2D eigenvalue weighted by atomic mass is 16.4. The van der Waals surface area contributed by atoms with Crippen molar-refractivity contribution in [2.45, 2.75) is 58.9 Å². The molecular formula is C15H27NO2. The van der Waals surface area contributed by atoms with Crippen molar-refractivity contribution in [2.75, 3.05) is 13.1 Å². The van der Waals surface area contributed by atoms with Gasteiger partial charge in [-0.1, -0.05) is 13.8 Å². The molecule has 1 aliphatic carbocycles. The van der Waals surface area contributed by atoms with E-state index in [9.17, 15) is 9.90 Å². The van der Waals surface area contributed by atoms with Gasteiger partial charge < -0.3 is 10.0 Å². The van der Waals surface area contributed by atoms with E-state index in [2.05, 4.69) is 18.7 Å². The van der Waals surface area contributed by atoms with Gasteiger partial charge in [0.05, 0.1) is 5.41 Å². The Morgan fingerprint density at radius 3 is 2.28 bits per heavy atom. The third-order valence-corrected chi connectivity index (χ3v) is 5.50. The Balaban J connectivity index is 1.88. The van der Waals surface area contributed by atoms with Gasteiger partial charge in [-0.25, -0.2) is 0 Å². The lowest BCUT2D eigenvalue weighted by atomic mass is 9.76. The van der Waals surface area contributed by atoms with E-state index < -0.39 is 11.4 Å². The van der Waals surface area contributed by atoms with Crippen LogP contribution in [0.1, 0.15) is 52.9 Å². The second-order valence-corrected chi connectivity index (χ2v) is 6.82. The summed E-state index contributed by atoms with van der Waals surface area (Å²) in [4.78, 5) is 13.8. The SMILES string of the molecule is CC1CCC(N2CCC(C)(C(=O)O)CC2)CC1C. The summed E-state index contributed by atoms with van der Waals surface area (Å²) in [6.07, 6.45) is 5.55. The molecule has 3 heteroatoms. The van der Waals surface area contributed by atoms with Gasteiger partial charge in [0.2, 0.25) is 0 Å². The highest BCUT2D eigenvalue weighted by Gasteiger charge is 2.39. The lowest BCUT2D eigenvalue weighted by molar-refractivity contribution is -0.151. The molecule has 2 aliphatic rings. The minimum Gasteiger partial charge on any atom is -0.481 e. The molecule has 1 aliphatic heterocycles. The van der Waals surface area contributed by atoms with Crippen LogP contribution < -0.4 is 0 Å². The Morgan fingerprint density at radius 1 is 1.17 bits per heavy atom. The number of likely N-dealkylation sites (tertiary alicyclic amines) is 1. The number of aliphatic carboxylic acids is 1. The van der Waals surface area contributed by atoms with Crippen LogP contribution in [0.3, 0.4) is 0 Å². The Kier molecular flexibility index (Phi) is 4.00. The molecule has 2 rings (SSSR count). The molecule has 0 bridgehead atoms. The molecule has 1 saturated heterocycles. The molecule has 0 radical (unpaired) electrons. The number of hydrogen-bond donors (Lipinski definition) is 1. The quantitative estimate of drug-likeness (QED) is 0.822. The molecule has 1 saturated carbocycles. The van der Waals surface area contributed by atoms with E-state index in [-0.39, 0.29) is 0 Å². The zero-order valence-corrected chi connectivity index (χ0v) is 12.0. The van der Waals surface area contributed by atoms with Crippen molar-refractivity contribution in [3.05, 3.63) is 0 Å². The third kappa shape index (κ3) is 2.71. The second kappa shape index (κ2) is 5.20. The highest BCUT2D eigenvalue weighted by molar-refractivity contribution is 5.74. The number of piperidine rings is 1. The zero-order valence-electron chi connectivity index (χ0n) is 12.0. The Hall–Kier alpha value is -0.570. The number of carboxylic acid groups (broad SMARTS) is 1. The molecule has 3 atom stereocenters. The molecule has 104 valence electrons. The van der Waals surface area contributed by atoms with E-state index in [0.29, 0.717) is 6.04 Å². The summed E-state index contributed by atoms with van der Waals surface area (Å²) >= 11 is 0. The molecule has 18 heavy (non-hydrogen) atoms. The fraction of sp³-hybridized carbons (Fsp3) is 0.933. The summed E-state index contributed by atoms with van der Waals surface area (Å²) < 4.78 is 0. The van der Waals surface area contributed by atoms with Gasteiger partial charge in [0.15, 0.2) is 0 Å². The average molecular weight is 253 g/mol. The summed E-state index contributed by atoms with van der Waals surface area (Å²) in [5.74, 6) is 1.06. The van der Waals surface area contributed by atoms with Gasteiger partial charge in [-0.2, -0.15) is 0 Å². The molecule has 0 spiro atoms. The second-order valence-electron chi connectivity index (χ2n) is 6.82. The van der Waals surface area contributed by atoms with Crippen molar-refractivity contribution in [2.24, 2.45) is 17.3 Å². The Morgan fingerprint density at radius 2 is 1.78 bits per heavy atom. The fourth-order valence-electron chi connectivity index (χ4n) is 3.45. The standard InChI is InChI=1S/C15H27NO2/c1-11-4-5-13(10-12(11)2)16-8-6-15(3,7-9-16)14(17)18/h11-13H,4-10H2,1-3H3,(H,17,18). The van der Waals surface area contributed by atoms with Gasteiger partial charge in [0.25, 0.3) is 0 Å². The minimum atomic E-state index is -0.618. The average Bonchev–Trinajstić information content (AvgIpc) is 2.34. The maximum Gasteiger partial charge on any atom is 0.309 e. The first-order valence-corrected chi connectivity index (χ1v) is 7.40. The predicted molar refractivity (Wildman–Crippen MR) is 72.5 cm³/mol. The number of nitrogens with zero attached hydrogens (tertiary/aromatic N) is 1. The van der Waals surface area contributed by atoms with Crippen LogP contribution in [0, 0.1) is 17.3 Å². The van der Waals surface area contributed by atoms with E-state index in [4.69, 9.17) is 0 Å². The highest BCUT2D eigenvalue weighted by Crippen LogP contribution is 2.37. The van der Waals surface area contributed by atoms with Gasteiger partial charge >= 0.3 is 5.97 Å². The van der Waals surface area contributed by atoms with Crippen molar-refractivity contribution in [1.29, 1.82) is 0 Å². The first kappa shape index (κ1) is 13.9. The summed E-state index contributed by atoms with van der Waals surface area (Å²) in [7, 11) is 0. The smallest absolute Gasteiger partial charge is 0.309 e. The molecule has 2 fully saturated rings. The van der Waals surface area contributed by atoms with Crippen molar-refractivity contribution < 1.29 is 9.90 Å². The topological polar surface area (TPSA) is 40.5 Å². The molecule has 1 N–H and O–H groups in total. The van der Waals surface area contributed by atoms with Crippen LogP contribution in [0.4, 0.5) is 0 Å². The maximum atomic E-state index is 11.2. The molecule has 3 unspecified atom stereocenters. The summed E-state index contributed by atoms with van der Waals surface area (Å²) in [6, 6.07) is 0.703. The maximum absolute atomic E-state index is 11.2. The Bertz CT molecular complexity index is 308. The van der Waals surface area contributed by atoms with Gasteiger partial charge in [0, 0.05) is 6.04 Å². The lowest BCUT2D eigenvalue weighted by Crippen LogP contribution is -2.48. The lowest BCUT2D eigenvalue weighted by Gasteiger charge is -2.44. The molecule has 0 amide bonds. The van der Waals surface area contributed by atoms with Crippen LogP contribution in [-0.4, -0.2) is 35.1 Å². The summed E-state index contributed by atoms with van der Waals surface area (Å²) in [6.45, 7) is 8.56. The van der Waals surface area contributed by atoms with Crippen molar-refractivity contribution >= 4 is 5.97 Å². The largest absolute Gasteiger partial charge is 0.481 e. The van der Waals surface area contributed by atoms with Crippen LogP contribution in [-0.2, 0) is 4.79 Å². The monoisotopic (exact) mass is 253 g/mol. The molecule has 0 aromatic carbocycles. The van der Waals surface area contributed by atoms with Crippen molar-refractivity contribution in [1.82, 2.24) is 4.90 Å². The number of carbonyl (C=O) groups is 1. The van der Waals surface area contributed by atoms with Gasteiger partial charge in [-0.15, -0.1) is 0 Å². The Labute approximate surface area is 111 Å². The summed E-state index contributed by atoms with van der Waals surface area (Å²) in [5, 5.41) is 9.25. The third-order valence-electron chi connectivity index (χ3n) is 5.50. The van der Waals surface area contributed by atoms with Crippen molar-refractivity contribution in [3.63, 3.8) is 0 Å². The van der Waals surface area contributed by atoms with Gasteiger partial charge in [0.1, 0.15) is 0 Å². The van der Waals surface area contributed by atoms with Gasteiger partial charge in [-0.3, -0.25) is 4.79 Å². The van der Waals surface area contributed by atoms with Crippen LogP contribution in [0.5, 0.6) is 0 Å². The molecule has 0 aromatic heterocycles. The molecule has 3 nitrogen and oxygen atoms in total. The first-order valence-electron chi connectivity index (χ1n) is 7.40. The normalized spacial score (nSPS) is 37.4. The fourth-order valence-corrected chi connectivity index (χ4v) is 3.45. The molecule has 1 heterocycles. The van der Waals surface area contributed by atoms with Crippen LogP contribution in [0.2, 0.25) is 0 Å². The van der Waals surface area contributed by atoms with E-state index in [1.807, 2.05) is 6.92 Å². The summed E-state index contributed by atoms with van der Waals surface area (Å²) in [5.41, 5.74) is -0.482. The van der Waals surface area contributed by atoms with E-state index in [1.165, 1.54) is 19.3 Å². The first-order chi connectivity index (χ1) is 8.42. The molecular weight excluding hydrogens is 226 g/mol. The van der Waals surface area contributed by atoms with E-state index in [1.54, 1.807) is 0 Å².